The molecule has 0 saturated carbocycles. The maximum Gasteiger partial charge on any atom is 0.329 e. The van der Waals surface area contributed by atoms with E-state index in [1.54, 1.807) is 31.4 Å². The zero-order valence-electron chi connectivity index (χ0n) is 19.2. The topological polar surface area (TPSA) is 86.6 Å². The van der Waals surface area contributed by atoms with Crippen LogP contribution in [-0.4, -0.2) is 48.6 Å². The van der Waals surface area contributed by atoms with Crippen LogP contribution in [0.5, 0.6) is 0 Å². The van der Waals surface area contributed by atoms with Gasteiger partial charge in [-0.15, -0.1) is 0 Å². The monoisotopic (exact) mass is 428 g/mol. The second-order valence-corrected chi connectivity index (χ2v) is 8.02. The van der Waals surface area contributed by atoms with Crippen molar-refractivity contribution in [2.45, 2.75) is 47.2 Å². The number of ether oxygens (including phenoxy) is 2. The first-order valence-electron chi connectivity index (χ1n) is 10.4. The van der Waals surface area contributed by atoms with Gasteiger partial charge in [0.25, 0.3) is 5.91 Å². The Morgan fingerprint density at radius 3 is 2.42 bits per heavy atom. The molecular weight excluding hydrogens is 396 g/mol. The number of Topliss-reactive ketones (excluding diaryl/α,β-unsaturated/α-hetero) is 1. The maximum absolute atomic E-state index is 12.7. The lowest BCUT2D eigenvalue weighted by molar-refractivity contribution is -0.145. The Morgan fingerprint density at radius 1 is 1.10 bits per heavy atom. The number of carbonyl (C=O) groups is 3. The van der Waals surface area contributed by atoms with Crippen LogP contribution in [-0.2, 0) is 20.8 Å². The second-order valence-electron chi connectivity index (χ2n) is 8.02. The Morgan fingerprint density at radius 2 is 1.81 bits per heavy atom. The fourth-order valence-corrected chi connectivity index (χ4v) is 3.42. The third-order valence-electron chi connectivity index (χ3n) is 5.23. The van der Waals surface area contributed by atoms with Gasteiger partial charge in [-0.2, -0.15) is 0 Å². The van der Waals surface area contributed by atoms with Crippen LogP contribution in [0.1, 0.15) is 51.5 Å². The summed E-state index contributed by atoms with van der Waals surface area (Å²) in [5.74, 6) is -1.46. The molecule has 0 aliphatic heterocycles. The minimum Gasteiger partial charge on any atom is -0.456 e. The molecule has 0 radical (unpaired) electrons. The van der Waals surface area contributed by atoms with Crippen molar-refractivity contribution in [3.8, 4) is 0 Å². The molecule has 0 fully saturated rings. The molecule has 7 nitrogen and oxygen atoms in total. The molecule has 1 amide bonds. The molecule has 1 aromatic carbocycles. The standard InChI is InChI=1S/C24H32N2O5/c1-15(2)22(25-23(28)19-9-7-8-16(3)12-19)24(29)31-14-21(27)20-13-17(4)26(18(20)5)10-11-30-6/h7-9,12-13,15,22H,10-11,14H2,1-6H3,(H,25,28)/t22-/m0/s1. The average Bonchev–Trinajstić information content (AvgIpc) is 3.01. The van der Waals surface area contributed by atoms with E-state index in [0.717, 1.165) is 17.0 Å². The summed E-state index contributed by atoms with van der Waals surface area (Å²) in [4.78, 5) is 37.9. The van der Waals surface area contributed by atoms with Gasteiger partial charge in [-0.05, 0) is 44.9 Å². The van der Waals surface area contributed by atoms with Crippen LogP contribution in [0.2, 0.25) is 0 Å². The highest BCUT2D eigenvalue weighted by Gasteiger charge is 2.27. The van der Waals surface area contributed by atoms with Gasteiger partial charge in [-0.3, -0.25) is 9.59 Å². The third-order valence-corrected chi connectivity index (χ3v) is 5.23. The lowest BCUT2D eigenvalue weighted by atomic mass is 10.0. The van der Waals surface area contributed by atoms with Gasteiger partial charge in [0.05, 0.1) is 6.61 Å². The minimum atomic E-state index is -0.852. The van der Waals surface area contributed by atoms with Crippen LogP contribution in [0.15, 0.2) is 30.3 Å². The van der Waals surface area contributed by atoms with Gasteiger partial charge in [0, 0.05) is 36.2 Å². The summed E-state index contributed by atoms with van der Waals surface area (Å²) in [6.07, 6.45) is 0. The maximum atomic E-state index is 12.7. The summed E-state index contributed by atoms with van der Waals surface area (Å²) in [6.45, 7) is 10.1. The number of aryl methyl sites for hydroxylation is 2. The number of nitrogens with one attached hydrogen (secondary N) is 1. The number of amides is 1. The van der Waals surface area contributed by atoms with Crippen LogP contribution in [0.3, 0.4) is 0 Å². The lowest BCUT2D eigenvalue weighted by Gasteiger charge is -2.21. The van der Waals surface area contributed by atoms with Crippen LogP contribution >= 0.6 is 0 Å². The molecule has 0 aliphatic carbocycles. The Bertz CT molecular complexity index is 945. The van der Waals surface area contributed by atoms with Crippen molar-refractivity contribution in [1.82, 2.24) is 9.88 Å². The van der Waals surface area contributed by atoms with Crippen LogP contribution < -0.4 is 5.32 Å². The minimum absolute atomic E-state index is 0.199. The Labute approximate surface area is 183 Å². The fraction of sp³-hybridized carbons (Fsp3) is 0.458. The first kappa shape index (κ1) is 24.3. The molecule has 1 aromatic heterocycles. The van der Waals surface area contributed by atoms with Crippen molar-refractivity contribution in [2.75, 3.05) is 20.3 Å². The van der Waals surface area contributed by atoms with Crippen LogP contribution in [0, 0.1) is 26.7 Å². The second kappa shape index (κ2) is 10.9. The molecule has 0 spiro atoms. The van der Waals surface area contributed by atoms with Crippen molar-refractivity contribution in [3.63, 3.8) is 0 Å². The fourth-order valence-electron chi connectivity index (χ4n) is 3.42. The van der Waals surface area contributed by atoms with E-state index in [4.69, 9.17) is 9.47 Å². The zero-order chi connectivity index (χ0) is 23.1. The van der Waals surface area contributed by atoms with Gasteiger partial charge < -0.3 is 19.4 Å². The molecule has 0 saturated heterocycles. The molecule has 1 N–H and O–H groups in total. The summed E-state index contributed by atoms with van der Waals surface area (Å²) in [5, 5.41) is 2.73. The van der Waals surface area contributed by atoms with Crippen molar-refractivity contribution in [1.29, 1.82) is 0 Å². The average molecular weight is 429 g/mol. The van der Waals surface area contributed by atoms with Gasteiger partial charge in [0.1, 0.15) is 6.04 Å². The summed E-state index contributed by atoms with van der Waals surface area (Å²) < 4.78 is 12.4. The Hall–Kier alpha value is -2.93. The largest absolute Gasteiger partial charge is 0.456 e. The first-order valence-corrected chi connectivity index (χ1v) is 10.4. The van der Waals surface area contributed by atoms with E-state index >= 15 is 0 Å². The van der Waals surface area contributed by atoms with Crippen molar-refractivity contribution >= 4 is 17.7 Å². The van der Waals surface area contributed by atoms with E-state index in [1.165, 1.54) is 0 Å². The molecule has 168 valence electrons. The molecular formula is C24H32N2O5. The van der Waals surface area contributed by atoms with E-state index in [0.29, 0.717) is 24.3 Å². The smallest absolute Gasteiger partial charge is 0.329 e. The van der Waals surface area contributed by atoms with Crippen LogP contribution in [0.4, 0.5) is 0 Å². The summed E-state index contributed by atoms with van der Waals surface area (Å²) >= 11 is 0. The summed E-state index contributed by atoms with van der Waals surface area (Å²) in [7, 11) is 1.63. The van der Waals surface area contributed by atoms with Gasteiger partial charge in [-0.25, -0.2) is 4.79 Å². The number of hydrogen-bond acceptors (Lipinski definition) is 5. The van der Waals surface area contributed by atoms with E-state index < -0.39 is 12.0 Å². The number of aromatic nitrogens is 1. The molecule has 1 heterocycles. The van der Waals surface area contributed by atoms with Gasteiger partial charge in [0.15, 0.2) is 6.61 Å². The highest BCUT2D eigenvalue weighted by molar-refractivity contribution is 6.00. The number of rotatable bonds is 10. The molecule has 1 atom stereocenters. The van der Waals surface area contributed by atoms with Gasteiger partial charge in [0.2, 0.25) is 5.78 Å². The highest BCUT2D eigenvalue weighted by Crippen LogP contribution is 2.16. The number of carbonyl (C=O) groups excluding carboxylic acids is 3. The van der Waals surface area contributed by atoms with Crippen LogP contribution in [0.25, 0.3) is 0 Å². The molecule has 2 rings (SSSR count). The predicted octanol–water partition coefficient (Wildman–Crippen LogP) is 3.24. The van der Waals surface area contributed by atoms with E-state index in [2.05, 4.69) is 5.32 Å². The number of methoxy groups -OCH3 is 1. The van der Waals surface area contributed by atoms with E-state index in [9.17, 15) is 14.4 Å². The predicted molar refractivity (Wildman–Crippen MR) is 118 cm³/mol. The highest BCUT2D eigenvalue weighted by atomic mass is 16.5. The third kappa shape index (κ3) is 6.28. The number of hydrogen-bond donors (Lipinski definition) is 1. The zero-order valence-corrected chi connectivity index (χ0v) is 19.2. The van der Waals surface area contributed by atoms with Gasteiger partial charge in [-0.1, -0.05) is 31.5 Å². The molecule has 31 heavy (non-hydrogen) atoms. The number of esters is 1. The van der Waals surface area contributed by atoms with E-state index in [1.807, 2.05) is 45.3 Å². The summed E-state index contributed by atoms with van der Waals surface area (Å²) in [5.41, 5.74) is 3.69. The number of ketones is 1. The van der Waals surface area contributed by atoms with Crippen molar-refractivity contribution in [3.05, 3.63) is 58.4 Å². The molecule has 0 aliphatic rings. The molecule has 2 aromatic rings. The number of benzene rings is 1. The molecule has 7 heteroatoms. The summed E-state index contributed by atoms with van der Waals surface area (Å²) in [6, 6.07) is 8.06. The molecule has 0 unspecified atom stereocenters. The first-order chi connectivity index (χ1) is 14.6. The SMILES string of the molecule is COCCn1c(C)cc(C(=O)COC(=O)[C@@H](NC(=O)c2cccc(C)c2)C(C)C)c1C. The van der Waals surface area contributed by atoms with Crippen molar-refractivity contribution in [2.24, 2.45) is 5.92 Å². The van der Waals surface area contributed by atoms with Gasteiger partial charge >= 0.3 is 5.97 Å². The van der Waals surface area contributed by atoms with E-state index in [-0.39, 0.29) is 24.2 Å². The Balaban J connectivity index is 2.03. The normalized spacial score (nSPS) is 12.0. The Kier molecular flexibility index (Phi) is 8.56. The number of nitrogens with zero attached hydrogens (tertiary/aromatic N) is 1. The lowest BCUT2D eigenvalue weighted by Crippen LogP contribution is -2.45. The van der Waals surface area contributed by atoms with Crippen molar-refractivity contribution < 1.29 is 23.9 Å². The quantitative estimate of drug-likeness (QED) is 0.464. The molecule has 0 bridgehead atoms.